The van der Waals surface area contributed by atoms with Crippen molar-refractivity contribution in [3.05, 3.63) is 42.9 Å². The van der Waals surface area contributed by atoms with Gasteiger partial charge < -0.3 is 9.64 Å². The van der Waals surface area contributed by atoms with Crippen molar-refractivity contribution in [3.8, 4) is 17.0 Å². The first-order valence-corrected chi connectivity index (χ1v) is 11.2. The van der Waals surface area contributed by atoms with Crippen molar-refractivity contribution in [2.45, 2.75) is 51.7 Å². The molecule has 1 saturated heterocycles. The van der Waals surface area contributed by atoms with E-state index in [9.17, 15) is 4.79 Å². The Hall–Kier alpha value is -2.47. The van der Waals surface area contributed by atoms with E-state index in [1.165, 1.54) is 0 Å². The number of ether oxygens (including phenoxy) is 1. The smallest absolute Gasteiger partial charge is 0.225 e. The predicted octanol–water partition coefficient (Wildman–Crippen LogP) is 3.63. The average Bonchev–Trinajstić information content (AvgIpc) is 2.80. The number of aromatic nitrogens is 2. The molecular weight excluding hydrogens is 376 g/mol. The van der Waals surface area contributed by atoms with Crippen LogP contribution >= 0.6 is 0 Å². The van der Waals surface area contributed by atoms with Crippen molar-refractivity contribution in [3.63, 3.8) is 0 Å². The molecule has 1 amide bonds. The average molecular weight is 409 g/mol. The summed E-state index contributed by atoms with van der Waals surface area (Å²) >= 11 is 0. The highest BCUT2D eigenvalue weighted by Gasteiger charge is 2.32. The monoisotopic (exact) mass is 408 g/mol. The molecule has 6 nitrogen and oxygen atoms in total. The molecule has 160 valence electrons. The van der Waals surface area contributed by atoms with Crippen molar-refractivity contribution >= 4 is 5.91 Å². The third-order valence-corrected chi connectivity index (χ3v) is 6.40. The molecule has 1 aromatic carbocycles. The first-order valence-electron chi connectivity index (χ1n) is 11.2. The van der Waals surface area contributed by atoms with Gasteiger partial charge in [-0.25, -0.2) is 0 Å². The number of hydrogen-bond acceptors (Lipinski definition) is 5. The number of hydrogen-bond donors (Lipinski definition) is 0. The van der Waals surface area contributed by atoms with Crippen LogP contribution in [-0.4, -0.2) is 64.0 Å². The maximum absolute atomic E-state index is 12.9. The van der Waals surface area contributed by atoms with Crippen LogP contribution in [0.3, 0.4) is 0 Å². The van der Waals surface area contributed by atoms with Gasteiger partial charge >= 0.3 is 0 Å². The summed E-state index contributed by atoms with van der Waals surface area (Å²) in [6, 6.07) is 8.59. The Morgan fingerprint density at radius 2 is 1.70 bits per heavy atom. The van der Waals surface area contributed by atoms with Gasteiger partial charge in [0.25, 0.3) is 0 Å². The molecule has 2 aromatic rings. The quantitative estimate of drug-likeness (QED) is 0.756. The fourth-order valence-corrected chi connectivity index (χ4v) is 4.49. The molecule has 0 spiro atoms. The summed E-state index contributed by atoms with van der Waals surface area (Å²) in [4.78, 5) is 25.9. The second-order valence-electron chi connectivity index (χ2n) is 8.66. The highest BCUT2D eigenvalue weighted by Crippen LogP contribution is 2.30. The first-order chi connectivity index (χ1) is 14.6. The minimum atomic E-state index is 0.162. The normalized spacial score (nSPS) is 22.8. The third kappa shape index (κ3) is 4.98. The van der Waals surface area contributed by atoms with E-state index >= 15 is 0 Å². The van der Waals surface area contributed by atoms with E-state index in [4.69, 9.17) is 4.74 Å². The first kappa shape index (κ1) is 20.8. The van der Waals surface area contributed by atoms with E-state index < -0.39 is 0 Å². The van der Waals surface area contributed by atoms with Gasteiger partial charge in [-0.15, -0.1) is 0 Å². The van der Waals surface area contributed by atoms with Crippen LogP contribution in [-0.2, 0) is 4.79 Å². The zero-order valence-corrected chi connectivity index (χ0v) is 18.0. The molecule has 1 aliphatic heterocycles. The van der Waals surface area contributed by atoms with Gasteiger partial charge in [0.2, 0.25) is 5.91 Å². The van der Waals surface area contributed by atoms with E-state index in [-0.39, 0.29) is 12.0 Å². The van der Waals surface area contributed by atoms with Crippen LogP contribution in [0.1, 0.15) is 39.5 Å². The Kier molecular flexibility index (Phi) is 6.62. The van der Waals surface area contributed by atoms with Gasteiger partial charge in [-0.1, -0.05) is 0 Å². The zero-order valence-electron chi connectivity index (χ0n) is 18.0. The Balaban J connectivity index is 1.24. The van der Waals surface area contributed by atoms with Gasteiger partial charge in [0.05, 0.1) is 18.0 Å². The minimum Gasteiger partial charge on any atom is -0.490 e. The lowest BCUT2D eigenvalue weighted by Gasteiger charge is -2.39. The maximum Gasteiger partial charge on any atom is 0.225 e. The topological polar surface area (TPSA) is 58.6 Å². The summed E-state index contributed by atoms with van der Waals surface area (Å²) in [6.45, 7) is 8.17. The summed E-state index contributed by atoms with van der Waals surface area (Å²) in [5, 5.41) is 0. The fraction of sp³-hybridized carbons (Fsp3) is 0.542. The fourth-order valence-electron chi connectivity index (χ4n) is 4.49. The van der Waals surface area contributed by atoms with Gasteiger partial charge in [0.1, 0.15) is 5.75 Å². The number of piperazine rings is 1. The molecule has 0 radical (unpaired) electrons. The molecule has 2 aliphatic rings. The number of carbonyl (C=O) groups is 1. The molecule has 0 bridgehead atoms. The van der Waals surface area contributed by atoms with Crippen LogP contribution in [0.2, 0.25) is 0 Å². The predicted molar refractivity (Wildman–Crippen MR) is 117 cm³/mol. The van der Waals surface area contributed by atoms with Crippen LogP contribution in [0.25, 0.3) is 11.3 Å². The maximum atomic E-state index is 12.9. The van der Waals surface area contributed by atoms with E-state index in [1.807, 2.05) is 24.3 Å². The second kappa shape index (κ2) is 9.56. The van der Waals surface area contributed by atoms with Crippen molar-refractivity contribution in [1.29, 1.82) is 0 Å². The van der Waals surface area contributed by atoms with Crippen LogP contribution in [0.4, 0.5) is 0 Å². The number of rotatable bonds is 5. The Bertz CT molecular complexity index is 809. The van der Waals surface area contributed by atoms with E-state index in [0.29, 0.717) is 11.9 Å². The van der Waals surface area contributed by atoms with Gasteiger partial charge in [-0.2, -0.15) is 0 Å². The molecule has 2 fully saturated rings. The van der Waals surface area contributed by atoms with Crippen LogP contribution in [0.5, 0.6) is 5.75 Å². The SMILES string of the molecule is CC(C)N1CCN(C(=O)C2CCC(Oc3ccc(-c4cnccn4)cc3)CC2)CC1. The van der Waals surface area contributed by atoms with Crippen LogP contribution < -0.4 is 4.74 Å². The lowest BCUT2D eigenvalue weighted by molar-refractivity contribution is -0.139. The van der Waals surface area contributed by atoms with Gasteiger partial charge in [-0.3, -0.25) is 19.7 Å². The third-order valence-electron chi connectivity index (χ3n) is 6.40. The lowest BCUT2D eigenvalue weighted by atomic mass is 9.86. The Morgan fingerprint density at radius 3 is 2.30 bits per heavy atom. The van der Waals surface area contributed by atoms with Crippen LogP contribution in [0.15, 0.2) is 42.9 Å². The van der Waals surface area contributed by atoms with E-state index in [0.717, 1.165) is 68.9 Å². The second-order valence-corrected chi connectivity index (χ2v) is 8.66. The summed E-state index contributed by atoms with van der Waals surface area (Å²) in [7, 11) is 0. The summed E-state index contributed by atoms with van der Waals surface area (Å²) in [6.07, 6.45) is 9.04. The van der Waals surface area contributed by atoms with Crippen molar-refractivity contribution in [1.82, 2.24) is 19.8 Å². The molecule has 0 atom stereocenters. The molecule has 1 aliphatic carbocycles. The number of carbonyl (C=O) groups excluding carboxylic acids is 1. The van der Waals surface area contributed by atoms with E-state index in [1.54, 1.807) is 18.6 Å². The highest BCUT2D eigenvalue weighted by atomic mass is 16.5. The highest BCUT2D eigenvalue weighted by molar-refractivity contribution is 5.79. The molecule has 30 heavy (non-hydrogen) atoms. The van der Waals surface area contributed by atoms with Gasteiger partial charge in [0, 0.05) is 56.1 Å². The minimum absolute atomic E-state index is 0.162. The standard InChI is InChI=1S/C24H32N4O2/c1-18(2)27-13-15-28(16-14-27)24(29)20-5-9-22(10-6-20)30-21-7-3-19(4-8-21)23-17-25-11-12-26-23/h3-4,7-8,11-12,17-18,20,22H,5-6,9-10,13-16H2,1-2H3. The zero-order chi connectivity index (χ0) is 20.9. The Labute approximate surface area is 179 Å². The number of benzene rings is 1. The number of nitrogens with zero attached hydrogens (tertiary/aromatic N) is 4. The van der Waals surface area contributed by atoms with Gasteiger partial charge in [-0.05, 0) is 63.8 Å². The molecule has 0 unspecified atom stereocenters. The largest absolute Gasteiger partial charge is 0.490 e. The number of amides is 1. The lowest BCUT2D eigenvalue weighted by Crippen LogP contribution is -2.52. The summed E-state index contributed by atoms with van der Waals surface area (Å²) in [5.74, 6) is 1.39. The molecule has 0 N–H and O–H groups in total. The van der Waals surface area contributed by atoms with Crippen molar-refractivity contribution in [2.24, 2.45) is 5.92 Å². The molecule has 1 saturated carbocycles. The molecule has 6 heteroatoms. The van der Waals surface area contributed by atoms with Gasteiger partial charge in [0.15, 0.2) is 0 Å². The molecule has 4 rings (SSSR count). The molecular formula is C24H32N4O2. The Morgan fingerprint density at radius 1 is 1.00 bits per heavy atom. The summed E-state index contributed by atoms with van der Waals surface area (Å²) < 4.78 is 6.19. The van der Waals surface area contributed by atoms with Crippen molar-refractivity contribution < 1.29 is 9.53 Å². The molecule has 2 heterocycles. The molecule has 1 aromatic heterocycles. The summed E-state index contributed by atoms with van der Waals surface area (Å²) in [5.41, 5.74) is 1.89. The van der Waals surface area contributed by atoms with Crippen molar-refractivity contribution in [2.75, 3.05) is 26.2 Å². The van der Waals surface area contributed by atoms with E-state index in [2.05, 4.69) is 33.6 Å². The van der Waals surface area contributed by atoms with Crippen LogP contribution in [0, 0.1) is 5.92 Å².